The summed E-state index contributed by atoms with van der Waals surface area (Å²) in [4.78, 5) is 0.268. The molecule has 0 saturated heterocycles. The van der Waals surface area contributed by atoms with E-state index < -0.39 is 22.2 Å². The van der Waals surface area contributed by atoms with Crippen LogP contribution in [0.1, 0.15) is 28.3 Å². The molecule has 0 spiro atoms. The van der Waals surface area contributed by atoms with E-state index in [2.05, 4.69) is 4.72 Å². The Morgan fingerprint density at radius 3 is 2.64 bits per heavy atom. The van der Waals surface area contributed by atoms with Crippen molar-refractivity contribution in [1.82, 2.24) is 4.72 Å². The third-order valence-electron chi connectivity index (χ3n) is 4.12. The fourth-order valence-electron chi connectivity index (χ4n) is 2.94. The molecule has 0 saturated carbocycles. The lowest BCUT2D eigenvalue weighted by molar-refractivity contribution is 0.151. The van der Waals surface area contributed by atoms with Crippen LogP contribution in [0.4, 0.5) is 0 Å². The number of benzene rings is 2. The number of fused-ring (bicyclic) bond motifs is 1. The van der Waals surface area contributed by atoms with Gasteiger partial charge in [-0.05, 0) is 42.2 Å². The molecule has 116 valence electrons. The van der Waals surface area contributed by atoms with E-state index in [9.17, 15) is 13.5 Å². The van der Waals surface area contributed by atoms with Gasteiger partial charge in [-0.15, -0.1) is 0 Å². The van der Waals surface area contributed by atoms with Crippen molar-refractivity contribution < 1.29 is 13.5 Å². The lowest BCUT2D eigenvalue weighted by atomic mass is 10.1. The zero-order valence-corrected chi connectivity index (χ0v) is 13.4. The fourth-order valence-corrected chi connectivity index (χ4v) is 4.52. The largest absolute Gasteiger partial charge is 0.391 e. The monoisotopic (exact) mass is 317 g/mol. The van der Waals surface area contributed by atoms with Crippen LogP contribution in [0.15, 0.2) is 47.4 Å². The molecule has 1 aliphatic rings. The summed E-state index contributed by atoms with van der Waals surface area (Å²) in [6.07, 6.45) is -0.270. The van der Waals surface area contributed by atoms with E-state index in [0.717, 1.165) is 16.7 Å². The standard InChI is InChI=1S/C17H19NO3S/c1-11-7-8-12(2)16(9-11)22(20,21)18-17-14-6-4-3-5-13(14)10-15(17)19/h3-9,15,17-19H,10H2,1-2H3. The van der Waals surface area contributed by atoms with Crippen LogP contribution in [-0.4, -0.2) is 19.6 Å². The number of hydrogen-bond donors (Lipinski definition) is 2. The summed E-state index contributed by atoms with van der Waals surface area (Å²) in [6, 6.07) is 12.3. The molecule has 22 heavy (non-hydrogen) atoms. The summed E-state index contributed by atoms with van der Waals surface area (Å²) in [5.74, 6) is 0. The third-order valence-corrected chi connectivity index (χ3v) is 5.70. The first kappa shape index (κ1) is 15.2. The van der Waals surface area contributed by atoms with Crippen LogP contribution >= 0.6 is 0 Å². The molecule has 0 aliphatic heterocycles. The lowest BCUT2D eigenvalue weighted by Gasteiger charge is -2.19. The molecule has 3 rings (SSSR count). The van der Waals surface area contributed by atoms with Crippen molar-refractivity contribution in [2.75, 3.05) is 0 Å². The highest BCUT2D eigenvalue weighted by Gasteiger charge is 2.34. The number of hydrogen-bond acceptors (Lipinski definition) is 3. The van der Waals surface area contributed by atoms with Crippen LogP contribution in [0.3, 0.4) is 0 Å². The Morgan fingerprint density at radius 1 is 1.14 bits per heavy atom. The first-order chi connectivity index (χ1) is 10.4. The van der Waals surface area contributed by atoms with E-state index >= 15 is 0 Å². The molecule has 2 unspecified atom stereocenters. The number of aliphatic hydroxyl groups excluding tert-OH is 1. The molecule has 0 bridgehead atoms. The second kappa shape index (κ2) is 5.50. The van der Waals surface area contributed by atoms with E-state index in [0.29, 0.717) is 12.0 Å². The van der Waals surface area contributed by atoms with Gasteiger partial charge in [-0.2, -0.15) is 0 Å². The van der Waals surface area contributed by atoms with Crippen molar-refractivity contribution in [1.29, 1.82) is 0 Å². The maximum absolute atomic E-state index is 12.7. The average molecular weight is 317 g/mol. The van der Waals surface area contributed by atoms with E-state index in [1.165, 1.54) is 0 Å². The zero-order valence-electron chi connectivity index (χ0n) is 12.6. The topological polar surface area (TPSA) is 66.4 Å². The summed E-state index contributed by atoms with van der Waals surface area (Å²) in [6.45, 7) is 3.63. The average Bonchev–Trinajstić information content (AvgIpc) is 2.77. The maximum Gasteiger partial charge on any atom is 0.241 e. The molecule has 2 aromatic carbocycles. The molecule has 1 aliphatic carbocycles. The van der Waals surface area contributed by atoms with Crippen LogP contribution in [0, 0.1) is 13.8 Å². The second-order valence-electron chi connectivity index (χ2n) is 5.84. The Balaban J connectivity index is 1.97. The normalized spacial score (nSPS) is 20.9. The Kier molecular flexibility index (Phi) is 3.80. The predicted octanol–water partition coefficient (Wildman–Crippen LogP) is 2.24. The van der Waals surface area contributed by atoms with Crippen LogP contribution in [0.5, 0.6) is 0 Å². The molecule has 4 nitrogen and oxygen atoms in total. The summed E-state index contributed by atoms with van der Waals surface area (Å²) < 4.78 is 28.1. The third kappa shape index (κ3) is 2.67. The summed E-state index contributed by atoms with van der Waals surface area (Å²) >= 11 is 0. The van der Waals surface area contributed by atoms with Gasteiger partial charge in [0.2, 0.25) is 10.0 Å². The van der Waals surface area contributed by atoms with Gasteiger partial charge >= 0.3 is 0 Å². The first-order valence-electron chi connectivity index (χ1n) is 7.24. The van der Waals surface area contributed by atoms with Gasteiger partial charge in [-0.25, -0.2) is 13.1 Å². The lowest BCUT2D eigenvalue weighted by Crippen LogP contribution is -2.34. The fraction of sp³-hybridized carbons (Fsp3) is 0.294. The molecule has 0 aromatic heterocycles. The molecule has 0 amide bonds. The van der Waals surface area contributed by atoms with Crippen LogP contribution in [0.2, 0.25) is 0 Å². The number of aliphatic hydroxyl groups is 1. The van der Waals surface area contributed by atoms with Crippen molar-refractivity contribution in [2.24, 2.45) is 0 Å². The number of aryl methyl sites for hydroxylation is 2. The highest BCUT2D eigenvalue weighted by atomic mass is 32.2. The summed E-state index contributed by atoms with van der Waals surface area (Å²) in [5.41, 5.74) is 3.42. The zero-order chi connectivity index (χ0) is 15.9. The molecule has 0 radical (unpaired) electrons. The summed E-state index contributed by atoms with van der Waals surface area (Å²) in [7, 11) is -3.68. The van der Waals surface area contributed by atoms with Crippen molar-refractivity contribution in [3.05, 3.63) is 64.7 Å². The van der Waals surface area contributed by atoms with Crippen molar-refractivity contribution in [3.63, 3.8) is 0 Å². The highest BCUT2D eigenvalue weighted by molar-refractivity contribution is 7.89. The van der Waals surface area contributed by atoms with Crippen LogP contribution in [0.25, 0.3) is 0 Å². The quantitative estimate of drug-likeness (QED) is 0.912. The molecular weight excluding hydrogens is 298 g/mol. The Morgan fingerprint density at radius 2 is 1.86 bits per heavy atom. The van der Waals surface area contributed by atoms with Crippen molar-refractivity contribution in [3.8, 4) is 0 Å². The van der Waals surface area contributed by atoms with E-state index in [-0.39, 0.29) is 4.90 Å². The van der Waals surface area contributed by atoms with Crippen LogP contribution in [-0.2, 0) is 16.4 Å². The van der Waals surface area contributed by atoms with Gasteiger partial charge in [0.1, 0.15) is 0 Å². The Hall–Kier alpha value is -1.69. The van der Waals surface area contributed by atoms with Gasteiger partial charge in [-0.3, -0.25) is 0 Å². The van der Waals surface area contributed by atoms with Crippen molar-refractivity contribution >= 4 is 10.0 Å². The first-order valence-corrected chi connectivity index (χ1v) is 8.72. The molecule has 0 fully saturated rings. The SMILES string of the molecule is Cc1ccc(C)c(S(=O)(=O)NC2c3ccccc3CC2O)c1. The molecule has 2 N–H and O–H groups in total. The minimum Gasteiger partial charge on any atom is -0.391 e. The minimum atomic E-state index is -3.68. The number of sulfonamides is 1. The van der Waals surface area contributed by atoms with E-state index in [1.807, 2.05) is 37.3 Å². The minimum absolute atomic E-state index is 0.268. The molecular formula is C17H19NO3S. The predicted molar refractivity (Wildman–Crippen MR) is 85.1 cm³/mol. The Bertz CT molecular complexity index is 814. The van der Waals surface area contributed by atoms with Gasteiger partial charge in [0.05, 0.1) is 17.0 Å². The smallest absolute Gasteiger partial charge is 0.241 e. The van der Waals surface area contributed by atoms with Gasteiger partial charge in [0.15, 0.2) is 0 Å². The molecule has 0 heterocycles. The van der Waals surface area contributed by atoms with Crippen molar-refractivity contribution in [2.45, 2.75) is 37.3 Å². The Labute approximate surface area is 130 Å². The van der Waals surface area contributed by atoms with E-state index in [4.69, 9.17) is 0 Å². The number of rotatable bonds is 3. The molecule has 2 aromatic rings. The second-order valence-corrected chi connectivity index (χ2v) is 7.52. The molecule has 2 atom stereocenters. The van der Waals surface area contributed by atoms with Gasteiger partial charge in [0.25, 0.3) is 0 Å². The highest BCUT2D eigenvalue weighted by Crippen LogP contribution is 2.32. The molecule has 5 heteroatoms. The maximum atomic E-state index is 12.7. The van der Waals surface area contributed by atoms with Crippen LogP contribution < -0.4 is 4.72 Å². The van der Waals surface area contributed by atoms with E-state index in [1.54, 1.807) is 19.1 Å². The van der Waals surface area contributed by atoms with Gasteiger partial charge < -0.3 is 5.11 Å². The van der Waals surface area contributed by atoms with Gasteiger partial charge in [0, 0.05) is 6.42 Å². The number of nitrogens with one attached hydrogen (secondary N) is 1. The summed E-state index contributed by atoms with van der Waals surface area (Å²) in [5, 5.41) is 10.2. The van der Waals surface area contributed by atoms with Gasteiger partial charge in [-0.1, -0.05) is 36.4 Å².